The number of anilines is 1. The number of rotatable bonds is 8. The third-order valence-electron chi connectivity index (χ3n) is 4.29. The van der Waals surface area contributed by atoms with Gasteiger partial charge in [-0.2, -0.15) is 0 Å². The van der Waals surface area contributed by atoms with Crippen LogP contribution in [0.1, 0.15) is 31.9 Å². The highest BCUT2D eigenvalue weighted by Gasteiger charge is 2.23. The summed E-state index contributed by atoms with van der Waals surface area (Å²) in [6, 6.07) is 17.9. The number of carbonyl (C=O) groups is 2. The summed E-state index contributed by atoms with van der Waals surface area (Å²) in [5, 5.41) is 2.91. The second-order valence-corrected chi connectivity index (χ2v) is 8.16. The SMILES string of the molecule is CC(=O)N(C)Cc1cccc(NC(=O)[C@@H](SCc2ccccc2)C(C)C)c1. The zero-order valence-electron chi connectivity index (χ0n) is 16.4. The zero-order valence-corrected chi connectivity index (χ0v) is 17.3. The summed E-state index contributed by atoms with van der Waals surface area (Å²) in [5.74, 6) is 1.07. The topological polar surface area (TPSA) is 49.4 Å². The highest BCUT2D eigenvalue weighted by atomic mass is 32.2. The van der Waals surface area contributed by atoms with Crippen LogP contribution in [-0.2, 0) is 21.9 Å². The molecule has 2 amide bonds. The van der Waals surface area contributed by atoms with Crippen LogP contribution in [0.4, 0.5) is 5.69 Å². The molecule has 1 atom stereocenters. The Balaban J connectivity index is 2.01. The van der Waals surface area contributed by atoms with Gasteiger partial charge in [-0.05, 0) is 29.2 Å². The average molecular weight is 385 g/mol. The molecule has 144 valence electrons. The summed E-state index contributed by atoms with van der Waals surface area (Å²) < 4.78 is 0. The number of carbonyl (C=O) groups excluding carboxylic acids is 2. The van der Waals surface area contributed by atoms with Gasteiger partial charge in [-0.25, -0.2) is 0 Å². The molecule has 0 aliphatic carbocycles. The normalized spacial score (nSPS) is 11.9. The number of benzene rings is 2. The molecule has 2 aromatic carbocycles. The van der Waals surface area contributed by atoms with Crippen molar-refractivity contribution in [3.63, 3.8) is 0 Å². The van der Waals surface area contributed by atoms with Crippen LogP contribution < -0.4 is 5.32 Å². The molecule has 2 aromatic rings. The van der Waals surface area contributed by atoms with E-state index in [1.165, 1.54) is 5.56 Å². The van der Waals surface area contributed by atoms with Crippen molar-refractivity contribution in [3.8, 4) is 0 Å². The first kappa shape index (κ1) is 21.0. The molecule has 0 spiro atoms. The van der Waals surface area contributed by atoms with E-state index < -0.39 is 0 Å². The molecule has 4 nitrogen and oxygen atoms in total. The fourth-order valence-electron chi connectivity index (χ4n) is 2.68. The molecule has 0 radical (unpaired) electrons. The molecule has 0 saturated heterocycles. The average Bonchev–Trinajstić information content (AvgIpc) is 2.62. The second-order valence-electron chi connectivity index (χ2n) is 7.03. The molecule has 0 bridgehead atoms. The van der Waals surface area contributed by atoms with Crippen molar-refractivity contribution < 1.29 is 9.59 Å². The van der Waals surface area contributed by atoms with Gasteiger partial charge in [0.1, 0.15) is 0 Å². The molecule has 0 aliphatic rings. The van der Waals surface area contributed by atoms with Crippen LogP contribution in [0, 0.1) is 5.92 Å². The van der Waals surface area contributed by atoms with Crippen LogP contribution in [0.2, 0.25) is 0 Å². The lowest BCUT2D eigenvalue weighted by molar-refractivity contribution is -0.128. The minimum absolute atomic E-state index is 0.0154. The smallest absolute Gasteiger partial charge is 0.237 e. The van der Waals surface area contributed by atoms with Crippen LogP contribution in [-0.4, -0.2) is 29.0 Å². The minimum atomic E-state index is -0.131. The Hall–Kier alpha value is -2.27. The van der Waals surface area contributed by atoms with Crippen molar-refractivity contribution in [2.75, 3.05) is 12.4 Å². The molecular formula is C22H28N2O2S. The summed E-state index contributed by atoms with van der Waals surface area (Å²) in [6.07, 6.45) is 0. The number of hydrogen-bond acceptors (Lipinski definition) is 3. The molecule has 1 N–H and O–H groups in total. The molecular weight excluding hydrogens is 356 g/mol. The van der Waals surface area contributed by atoms with E-state index in [4.69, 9.17) is 0 Å². The Morgan fingerprint density at radius 3 is 2.33 bits per heavy atom. The summed E-state index contributed by atoms with van der Waals surface area (Å²) in [7, 11) is 1.77. The van der Waals surface area contributed by atoms with E-state index in [-0.39, 0.29) is 23.0 Å². The van der Waals surface area contributed by atoms with E-state index in [1.54, 1.807) is 30.6 Å². The Kier molecular flexibility index (Phi) is 7.92. The Morgan fingerprint density at radius 2 is 1.70 bits per heavy atom. The molecule has 0 saturated carbocycles. The molecule has 2 rings (SSSR count). The van der Waals surface area contributed by atoms with Gasteiger partial charge >= 0.3 is 0 Å². The Morgan fingerprint density at radius 1 is 1.04 bits per heavy atom. The quantitative estimate of drug-likeness (QED) is 0.726. The highest BCUT2D eigenvalue weighted by molar-refractivity contribution is 7.99. The molecule has 0 heterocycles. The lowest BCUT2D eigenvalue weighted by Crippen LogP contribution is -2.30. The molecule has 27 heavy (non-hydrogen) atoms. The fraction of sp³-hybridized carbons (Fsp3) is 0.364. The summed E-state index contributed by atoms with van der Waals surface area (Å²) in [6.45, 7) is 6.21. The van der Waals surface area contributed by atoms with E-state index in [1.807, 2.05) is 42.5 Å². The number of hydrogen-bond donors (Lipinski definition) is 1. The van der Waals surface area contributed by atoms with Crippen molar-refractivity contribution in [2.24, 2.45) is 5.92 Å². The van der Waals surface area contributed by atoms with Gasteiger partial charge in [0.05, 0.1) is 5.25 Å². The largest absolute Gasteiger partial charge is 0.342 e. The molecule has 0 aromatic heterocycles. The first-order valence-corrected chi connectivity index (χ1v) is 10.2. The molecule has 0 fully saturated rings. The maximum Gasteiger partial charge on any atom is 0.237 e. The van der Waals surface area contributed by atoms with Crippen molar-refractivity contribution in [2.45, 2.75) is 38.3 Å². The minimum Gasteiger partial charge on any atom is -0.342 e. The first-order chi connectivity index (χ1) is 12.9. The van der Waals surface area contributed by atoms with Crippen molar-refractivity contribution in [1.82, 2.24) is 4.90 Å². The lowest BCUT2D eigenvalue weighted by Gasteiger charge is -2.20. The van der Waals surface area contributed by atoms with Crippen LogP contribution in [0.25, 0.3) is 0 Å². The predicted octanol–water partition coefficient (Wildman–Crippen LogP) is 4.56. The second kappa shape index (κ2) is 10.2. The number of amides is 2. The van der Waals surface area contributed by atoms with Crippen molar-refractivity contribution in [3.05, 3.63) is 65.7 Å². The number of nitrogens with zero attached hydrogens (tertiary/aromatic N) is 1. The van der Waals surface area contributed by atoms with Gasteiger partial charge in [0.25, 0.3) is 0 Å². The van der Waals surface area contributed by atoms with Gasteiger partial charge in [0, 0.05) is 32.0 Å². The Bertz CT molecular complexity index is 762. The molecule has 0 unspecified atom stereocenters. The maximum absolute atomic E-state index is 12.8. The number of nitrogens with one attached hydrogen (secondary N) is 1. The first-order valence-electron chi connectivity index (χ1n) is 9.14. The van der Waals surface area contributed by atoms with E-state index in [2.05, 4.69) is 31.3 Å². The standard InChI is InChI=1S/C22H28N2O2S/c1-16(2)21(27-15-18-9-6-5-7-10-18)22(26)23-20-12-8-11-19(13-20)14-24(4)17(3)25/h5-13,16,21H,14-15H2,1-4H3,(H,23,26)/t21-/m0/s1. The van der Waals surface area contributed by atoms with Gasteiger partial charge in [-0.15, -0.1) is 11.8 Å². The fourth-order valence-corrected chi connectivity index (χ4v) is 3.84. The van der Waals surface area contributed by atoms with Crippen LogP contribution in [0.3, 0.4) is 0 Å². The highest BCUT2D eigenvalue weighted by Crippen LogP contribution is 2.25. The van der Waals surface area contributed by atoms with E-state index in [9.17, 15) is 9.59 Å². The maximum atomic E-state index is 12.8. The lowest BCUT2D eigenvalue weighted by atomic mass is 10.1. The molecule has 0 aliphatic heterocycles. The Labute approximate surface area is 166 Å². The third kappa shape index (κ3) is 6.75. The van der Waals surface area contributed by atoms with E-state index >= 15 is 0 Å². The van der Waals surface area contributed by atoms with Crippen molar-refractivity contribution in [1.29, 1.82) is 0 Å². The van der Waals surface area contributed by atoms with Crippen LogP contribution >= 0.6 is 11.8 Å². The predicted molar refractivity (Wildman–Crippen MR) is 114 cm³/mol. The summed E-state index contributed by atoms with van der Waals surface area (Å²) in [5.41, 5.74) is 2.97. The van der Waals surface area contributed by atoms with Gasteiger partial charge < -0.3 is 10.2 Å². The summed E-state index contributed by atoms with van der Waals surface area (Å²) in [4.78, 5) is 25.9. The van der Waals surface area contributed by atoms with Gasteiger partial charge in [0.2, 0.25) is 11.8 Å². The number of thioether (sulfide) groups is 1. The molecule has 5 heteroatoms. The van der Waals surface area contributed by atoms with Gasteiger partial charge in [-0.3, -0.25) is 9.59 Å². The van der Waals surface area contributed by atoms with E-state index in [0.29, 0.717) is 6.54 Å². The van der Waals surface area contributed by atoms with Gasteiger partial charge in [-0.1, -0.05) is 56.3 Å². The van der Waals surface area contributed by atoms with E-state index in [0.717, 1.165) is 17.0 Å². The monoisotopic (exact) mass is 384 g/mol. The summed E-state index contributed by atoms with van der Waals surface area (Å²) >= 11 is 1.66. The van der Waals surface area contributed by atoms with Gasteiger partial charge in [0.15, 0.2) is 0 Å². The third-order valence-corrected chi connectivity index (χ3v) is 5.91. The van der Waals surface area contributed by atoms with Crippen LogP contribution in [0.15, 0.2) is 54.6 Å². The zero-order chi connectivity index (χ0) is 19.8. The van der Waals surface area contributed by atoms with Crippen molar-refractivity contribution >= 4 is 29.3 Å². The van der Waals surface area contributed by atoms with Crippen LogP contribution in [0.5, 0.6) is 0 Å².